The van der Waals surface area contributed by atoms with Crippen LogP contribution in [0.1, 0.15) is 18.7 Å². The van der Waals surface area contributed by atoms with Crippen LogP contribution in [-0.2, 0) is 16.1 Å². The number of aliphatic hydroxyl groups excluding tert-OH is 1. The highest BCUT2D eigenvalue weighted by atomic mass is 19.1. The number of halogens is 1. The minimum absolute atomic E-state index is 0.0846. The average molecular weight is 380 g/mol. The molecule has 9 heteroatoms. The summed E-state index contributed by atoms with van der Waals surface area (Å²) in [5.41, 5.74) is -2.74. The standard InChI is InChI=1S/C18H21FN2O6/c1-18(19)15(26-10-11-3-5-12(25-2)6-4-11)13(9-22)27-16(18)21-8-7-14(23)20-17(21)24/h3-8,13,15-16,22H,9-10H2,1-2H3,(H,20,23,24)/t13?,15-,16-,18?/m1/s1. The van der Waals surface area contributed by atoms with E-state index in [1.807, 2.05) is 0 Å². The van der Waals surface area contributed by atoms with Gasteiger partial charge >= 0.3 is 5.69 Å². The number of ether oxygens (including phenoxy) is 3. The number of benzene rings is 1. The van der Waals surface area contributed by atoms with Crippen LogP contribution < -0.4 is 16.0 Å². The van der Waals surface area contributed by atoms with Gasteiger partial charge in [-0.15, -0.1) is 0 Å². The van der Waals surface area contributed by atoms with E-state index in [-0.39, 0.29) is 6.61 Å². The van der Waals surface area contributed by atoms with Gasteiger partial charge in [-0.3, -0.25) is 14.3 Å². The summed E-state index contributed by atoms with van der Waals surface area (Å²) < 4.78 is 32.8. The number of methoxy groups -OCH3 is 1. The molecule has 0 spiro atoms. The van der Waals surface area contributed by atoms with Gasteiger partial charge in [0, 0.05) is 12.3 Å². The highest BCUT2D eigenvalue weighted by molar-refractivity contribution is 5.26. The second kappa shape index (κ2) is 7.63. The number of hydrogen-bond acceptors (Lipinski definition) is 6. The summed E-state index contributed by atoms with van der Waals surface area (Å²) in [6, 6.07) is 8.17. The first kappa shape index (κ1) is 19.3. The van der Waals surface area contributed by atoms with E-state index in [9.17, 15) is 14.7 Å². The van der Waals surface area contributed by atoms with Gasteiger partial charge < -0.3 is 19.3 Å². The summed E-state index contributed by atoms with van der Waals surface area (Å²) in [7, 11) is 1.56. The fraction of sp³-hybridized carbons (Fsp3) is 0.444. The number of aromatic amines is 1. The van der Waals surface area contributed by atoms with Gasteiger partial charge in [-0.1, -0.05) is 12.1 Å². The van der Waals surface area contributed by atoms with Crippen LogP contribution in [0.15, 0.2) is 46.1 Å². The molecule has 27 heavy (non-hydrogen) atoms. The highest BCUT2D eigenvalue weighted by Crippen LogP contribution is 2.42. The molecule has 0 radical (unpaired) electrons. The van der Waals surface area contributed by atoms with E-state index in [4.69, 9.17) is 14.2 Å². The molecule has 3 rings (SSSR count). The summed E-state index contributed by atoms with van der Waals surface area (Å²) in [6.07, 6.45) is -2.28. The second-order valence-corrected chi connectivity index (χ2v) is 6.46. The molecule has 0 aliphatic carbocycles. The highest BCUT2D eigenvalue weighted by Gasteiger charge is 2.56. The SMILES string of the molecule is COc1ccc(CO[C@@H]2C(CO)O[C@@H](n3ccc(=O)[nH]c3=O)C2(C)F)cc1. The lowest BCUT2D eigenvalue weighted by Gasteiger charge is -2.28. The maximum absolute atomic E-state index is 15.5. The lowest BCUT2D eigenvalue weighted by Crippen LogP contribution is -2.45. The Morgan fingerprint density at radius 3 is 2.59 bits per heavy atom. The van der Waals surface area contributed by atoms with Crippen LogP contribution in [0.25, 0.3) is 0 Å². The van der Waals surface area contributed by atoms with Crippen molar-refractivity contribution in [1.29, 1.82) is 0 Å². The third kappa shape index (κ3) is 3.80. The van der Waals surface area contributed by atoms with Gasteiger partial charge in [0.2, 0.25) is 0 Å². The molecule has 2 heterocycles. The average Bonchev–Trinajstić information content (AvgIpc) is 2.90. The van der Waals surface area contributed by atoms with Crippen molar-refractivity contribution >= 4 is 0 Å². The number of aromatic nitrogens is 2. The molecular weight excluding hydrogens is 359 g/mol. The van der Waals surface area contributed by atoms with Gasteiger partial charge in [0.05, 0.1) is 20.3 Å². The van der Waals surface area contributed by atoms with Crippen LogP contribution in [0.5, 0.6) is 5.75 Å². The van der Waals surface area contributed by atoms with E-state index in [2.05, 4.69) is 4.98 Å². The number of aliphatic hydroxyl groups is 1. The third-order valence-electron chi connectivity index (χ3n) is 4.55. The number of nitrogens with zero attached hydrogens (tertiary/aromatic N) is 1. The van der Waals surface area contributed by atoms with Crippen molar-refractivity contribution < 1.29 is 23.7 Å². The Kier molecular flexibility index (Phi) is 5.45. The Morgan fingerprint density at radius 1 is 1.30 bits per heavy atom. The maximum atomic E-state index is 15.5. The predicted octanol–water partition coefficient (Wildman–Crippen LogP) is 0.748. The Balaban J connectivity index is 1.81. The van der Waals surface area contributed by atoms with Gasteiger partial charge in [-0.05, 0) is 24.6 Å². The van der Waals surface area contributed by atoms with Gasteiger partial charge in [0.15, 0.2) is 11.9 Å². The molecular formula is C18H21FN2O6. The quantitative estimate of drug-likeness (QED) is 0.767. The number of nitrogens with one attached hydrogen (secondary N) is 1. The summed E-state index contributed by atoms with van der Waals surface area (Å²) >= 11 is 0. The van der Waals surface area contributed by atoms with E-state index < -0.39 is 42.0 Å². The maximum Gasteiger partial charge on any atom is 0.330 e. The summed E-state index contributed by atoms with van der Waals surface area (Å²) in [5.74, 6) is 0.684. The normalized spacial score (nSPS) is 27.6. The molecule has 0 saturated carbocycles. The van der Waals surface area contributed by atoms with Crippen LogP contribution in [0.2, 0.25) is 0 Å². The molecule has 1 aromatic heterocycles. The van der Waals surface area contributed by atoms with Crippen molar-refractivity contribution in [1.82, 2.24) is 9.55 Å². The van der Waals surface area contributed by atoms with Gasteiger partial charge in [-0.2, -0.15) is 0 Å². The fourth-order valence-electron chi connectivity index (χ4n) is 3.14. The smallest absolute Gasteiger partial charge is 0.330 e. The summed E-state index contributed by atoms with van der Waals surface area (Å²) in [4.78, 5) is 25.3. The topological polar surface area (TPSA) is 103 Å². The van der Waals surface area contributed by atoms with E-state index >= 15 is 4.39 Å². The van der Waals surface area contributed by atoms with Crippen LogP contribution in [0.4, 0.5) is 4.39 Å². The van der Waals surface area contributed by atoms with Crippen molar-refractivity contribution in [3.8, 4) is 5.75 Å². The Bertz CT molecular complexity index is 892. The number of hydrogen-bond donors (Lipinski definition) is 2. The molecule has 2 unspecified atom stereocenters. The minimum Gasteiger partial charge on any atom is -0.497 e. The summed E-state index contributed by atoms with van der Waals surface area (Å²) in [5, 5.41) is 9.58. The zero-order chi connectivity index (χ0) is 19.6. The molecule has 1 aromatic carbocycles. The van der Waals surface area contributed by atoms with Crippen LogP contribution in [0, 0.1) is 0 Å². The molecule has 0 amide bonds. The first-order chi connectivity index (χ1) is 12.9. The molecule has 8 nitrogen and oxygen atoms in total. The molecule has 146 valence electrons. The van der Waals surface area contributed by atoms with E-state index in [1.165, 1.54) is 6.92 Å². The first-order valence-electron chi connectivity index (χ1n) is 8.38. The fourth-order valence-corrected chi connectivity index (χ4v) is 3.14. The summed E-state index contributed by atoms with van der Waals surface area (Å²) in [6.45, 7) is 0.840. The lowest BCUT2D eigenvalue weighted by molar-refractivity contribution is -0.0676. The van der Waals surface area contributed by atoms with Crippen molar-refractivity contribution in [3.05, 3.63) is 62.9 Å². The van der Waals surface area contributed by atoms with E-state index in [0.29, 0.717) is 5.75 Å². The first-order valence-corrected chi connectivity index (χ1v) is 8.38. The van der Waals surface area contributed by atoms with Crippen molar-refractivity contribution in [2.75, 3.05) is 13.7 Å². The van der Waals surface area contributed by atoms with Crippen molar-refractivity contribution in [3.63, 3.8) is 0 Å². The molecule has 1 aliphatic heterocycles. The zero-order valence-electron chi connectivity index (χ0n) is 14.9. The third-order valence-corrected chi connectivity index (χ3v) is 4.55. The van der Waals surface area contributed by atoms with Gasteiger partial charge in [-0.25, -0.2) is 9.18 Å². The predicted molar refractivity (Wildman–Crippen MR) is 93.4 cm³/mol. The second-order valence-electron chi connectivity index (χ2n) is 6.46. The van der Waals surface area contributed by atoms with Gasteiger partial charge in [0.1, 0.15) is 18.0 Å². The molecule has 2 aromatic rings. The Morgan fingerprint density at radius 2 is 2.00 bits per heavy atom. The molecule has 2 N–H and O–H groups in total. The molecule has 1 fully saturated rings. The Labute approximate surface area is 154 Å². The van der Waals surface area contributed by atoms with Crippen LogP contribution in [-0.4, -0.2) is 46.3 Å². The molecule has 4 atom stereocenters. The molecule has 1 aliphatic rings. The lowest BCUT2D eigenvalue weighted by atomic mass is 9.98. The van der Waals surface area contributed by atoms with Gasteiger partial charge in [0.25, 0.3) is 5.56 Å². The van der Waals surface area contributed by atoms with E-state index in [1.54, 1.807) is 31.4 Å². The number of alkyl halides is 1. The Hall–Kier alpha value is -2.49. The number of rotatable bonds is 6. The van der Waals surface area contributed by atoms with Crippen molar-refractivity contribution in [2.24, 2.45) is 0 Å². The minimum atomic E-state index is -2.12. The monoisotopic (exact) mass is 380 g/mol. The number of H-pyrrole nitrogens is 1. The zero-order valence-corrected chi connectivity index (χ0v) is 14.9. The van der Waals surface area contributed by atoms with Crippen LogP contribution in [0.3, 0.4) is 0 Å². The molecule has 1 saturated heterocycles. The van der Waals surface area contributed by atoms with Crippen LogP contribution >= 0.6 is 0 Å². The molecule has 0 bridgehead atoms. The van der Waals surface area contributed by atoms with E-state index in [0.717, 1.165) is 22.4 Å². The van der Waals surface area contributed by atoms with Crippen molar-refractivity contribution in [2.45, 2.75) is 37.6 Å². The largest absolute Gasteiger partial charge is 0.497 e.